The number of aliphatic imine (C=N–C) groups is 1. The minimum absolute atomic E-state index is 0.0344. The largest absolute Gasteiger partial charge is 0.383 e. The number of rotatable bonds is 2. The zero-order chi connectivity index (χ0) is 12.3. The fraction of sp³-hybridized carbons (Fsp3) is 0. The SMILES string of the molecule is NC(=Nc1cccc(Cl)c1F)c1ccccc1. The topological polar surface area (TPSA) is 38.4 Å². The van der Waals surface area contributed by atoms with E-state index in [2.05, 4.69) is 4.99 Å². The van der Waals surface area contributed by atoms with Gasteiger partial charge < -0.3 is 5.73 Å². The predicted octanol–water partition coefficient (Wildman–Crippen LogP) is 3.52. The summed E-state index contributed by atoms with van der Waals surface area (Å²) in [6, 6.07) is 13.8. The molecule has 86 valence electrons. The molecule has 0 bridgehead atoms. The summed E-state index contributed by atoms with van der Waals surface area (Å²) in [5.74, 6) is -0.306. The Morgan fingerprint density at radius 1 is 1.06 bits per heavy atom. The Kier molecular flexibility index (Phi) is 3.40. The van der Waals surface area contributed by atoms with Crippen LogP contribution in [0, 0.1) is 5.82 Å². The quantitative estimate of drug-likeness (QED) is 0.641. The first-order valence-electron chi connectivity index (χ1n) is 5.02. The maximum Gasteiger partial charge on any atom is 0.167 e. The van der Waals surface area contributed by atoms with Crippen molar-refractivity contribution < 1.29 is 4.39 Å². The molecule has 17 heavy (non-hydrogen) atoms. The monoisotopic (exact) mass is 248 g/mol. The van der Waals surface area contributed by atoms with E-state index in [4.69, 9.17) is 17.3 Å². The molecule has 0 spiro atoms. The van der Waals surface area contributed by atoms with Crippen molar-refractivity contribution in [3.8, 4) is 0 Å². The van der Waals surface area contributed by atoms with Crippen LogP contribution in [0.4, 0.5) is 10.1 Å². The maximum absolute atomic E-state index is 13.6. The van der Waals surface area contributed by atoms with Crippen molar-refractivity contribution >= 4 is 23.1 Å². The first kappa shape index (κ1) is 11.6. The Labute approximate surface area is 104 Å². The summed E-state index contributed by atoms with van der Waals surface area (Å²) in [6.45, 7) is 0. The maximum atomic E-state index is 13.6. The molecule has 2 aromatic carbocycles. The lowest BCUT2D eigenvalue weighted by Gasteiger charge is -2.02. The zero-order valence-corrected chi connectivity index (χ0v) is 9.66. The minimum atomic E-state index is -0.562. The fourth-order valence-corrected chi connectivity index (χ4v) is 1.55. The predicted molar refractivity (Wildman–Crippen MR) is 68.2 cm³/mol. The van der Waals surface area contributed by atoms with E-state index < -0.39 is 5.82 Å². The van der Waals surface area contributed by atoms with Crippen LogP contribution in [0.3, 0.4) is 0 Å². The van der Waals surface area contributed by atoms with Gasteiger partial charge in [0.2, 0.25) is 0 Å². The third-order valence-electron chi connectivity index (χ3n) is 2.24. The van der Waals surface area contributed by atoms with Crippen molar-refractivity contribution in [2.24, 2.45) is 10.7 Å². The van der Waals surface area contributed by atoms with Crippen LogP contribution >= 0.6 is 11.6 Å². The number of nitrogens with two attached hydrogens (primary N) is 1. The third kappa shape index (κ3) is 2.63. The molecule has 2 nitrogen and oxygen atoms in total. The van der Waals surface area contributed by atoms with Crippen LogP contribution in [0.2, 0.25) is 5.02 Å². The van der Waals surface area contributed by atoms with Crippen molar-refractivity contribution in [1.82, 2.24) is 0 Å². The van der Waals surface area contributed by atoms with Gasteiger partial charge in [0.1, 0.15) is 11.5 Å². The molecule has 0 atom stereocenters. The van der Waals surface area contributed by atoms with E-state index in [1.165, 1.54) is 12.1 Å². The summed E-state index contributed by atoms with van der Waals surface area (Å²) >= 11 is 5.66. The molecule has 2 N–H and O–H groups in total. The molecule has 0 unspecified atom stereocenters. The Bertz CT molecular complexity index is 553. The molecule has 0 fully saturated rings. The number of benzene rings is 2. The second-order valence-corrected chi connectivity index (χ2v) is 3.84. The van der Waals surface area contributed by atoms with Crippen molar-refractivity contribution in [3.63, 3.8) is 0 Å². The van der Waals surface area contributed by atoms with Gasteiger partial charge in [0.15, 0.2) is 5.82 Å². The standard InChI is InChI=1S/C13H10ClFN2/c14-10-7-4-8-11(12(10)15)17-13(16)9-5-2-1-3-6-9/h1-8H,(H2,16,17). The highest BCUT2D eigenvalue weighted by atomic mass is 35.5. The molecule has 0 heterocycles. The normalized spacial score (nSPS) is 11.5. The van der Waals surface area contributed by atoms with Gasteiger partial charge in [-0.1, -0.05) is 48.0 Å². The molecule has 0 saturated carbocycles. The molecule has 4 heteroatoms. The average Bonchev–Trinajstić information content (AvgIpc) is 2.36. The molecule has 0 aromatic heterocycles. The van der Waals surface area contributed by atoms with Gasteiger partial charge in [-0.3, -0.25) is 0 Å². The van der Waals surface area contributed by atoms with Gasteiger partial charge in [-0.15, -0.1) is 0 Å². The van der Waals surface area contributed by atoms with E-state index in [0.717, 1.165) is 5.56 Å². The third-order valence-corrected chi connectivity index (χ3v) is 2.53. The fourth-order valence-electron chi connectivity index (χ4n) is 1.38. The van der Waals surface area contributed by atoms with Crippen LogP contribution in [0.5, 0.6) is 0 Å². The molecular weight excluding hydrogens is 239 g/mol. The van der Waals surface area contributed by atoms with Gasteiger partial charge in [0.25, 0.3) is 0 Å². The average molecular weight is 249 g/mol. The summed E-state index contributed by atoms with van der Waals surface area (Å²) in [5, 5.41) is 0.0344. The van der Waals surface area contributed by atoms with Gasteiger partial charge in [0.05, 0.1) is 5.02 Å². The lowest BCUT2D eigenvalue weighted by molar-refractivity contribution is 0.630. The van der Waals surface area contributed by atoms with E-state index in [-0.39, 0.29) is 16.5 Å². The molecular formula is C13H10ClFN2. The molecule has 0 aliphatic heterocycles. The van der Waals surface area contributed by atoms with Crippen molar-refractivity contribution in [1.29, 1.82) is 0 Å². The van der Waals surface area contributed by atoms with Crippen molar-refractivity contribution in [2.45, 2.75) is 0 Å². The smallest absolute Gasteiger partial charge is 0.167 e. The van der Waals surface area contributed by atoms with Crippen LogP contribution in [0.15, 0.2) is 53.5 Å². The second-order valence-electron chi connectivity index (χ2n) is 3.44. The lowest BCUT2D eigenvalue weighted by Crippen LogP contribution is -2.12. The molecule has 0 aliphatic rings. The molecule has 0 saturated heterocycles. The van der Waals surface area contributed by atoms with Gasteiger partial charge >= 0.3 is 0 Å². The molecule has 2 rings (SSSR count). The van der Waals surface area contributed by atoms with Crippen molar-refractivity contribution in [3.05, 3.63) is 64.9 Å². The van der Waals surface area contributed by atoms with Crippen LogP contribution in [-0.2, 0) is 0 Å². The second kappa shape index (κ2) is 4.97. The molecule has 0 radical (unpaired) electrons. The summed E-state index contributed by atoms with van der Waals surface area (Å²) < 4.78 is 13.6. The van der Waals surface area contributed by atoms with E-state index in [1.54, 1.807) is 18.2 Å². The van der Waals surface area contributed by atoms with E-state index in [9.17, 15) is 4.39 Å². The Morgan fingerprint density at radius 2 is 1.76 bits per heavy atom. The Hall–Kier alpha value is -1.87. The van der Waals surface area contributed by atoms with Gasteiger partial charge in [-0.2, -0.15) is 0 Å². The molecule has 0 aliphatic carbocycles. The Balaban J connectivity index is 2.40. The highest BCUT2D eigenvalue weighted by Crippen LogP contribution is 2.24. The summed E-state index contributed by atoms with van der Waals surface area (Å²) in [5.41, 5.74) is 6.67. The lowest BCUT2D eigenvalue weighted by atomic mass is 10.2. The minimum Gasteiger partial charge on any atom is -0.383 e. The number of hydrogen-bond donors (Lipinski definition) is 1. The zero-order valence-electron chi connectivity index (χ0n) is 8.90. The van der Waals surface area contributed by atoms with Crippen LogP contribution < -0.4 is 5.73 Å². The summed E-state index contributed by atoms with van der Waals surface area (Å²) in [4.78, 5) is 4.02. The number of nitrogens with zero attached hydrogens (tertiary/aromatic N) is 1. The Morgan fingerprint density at radius 3 is 2.47 bits per heavy atom. The first-order valence-corrected chi connectivity index (χ1v) is 5.40. The van der Waals surface area contributed by atoms with Crippen molar-refractivity contribution in [2.75, 3.05) is 0 Å². The van der Waals surface area contributed by atoms with Gasteiger partial charge in [0, 0.05) is 5.56 Å². The highest BCUT2D eigenvalue weighted by Gasteiger charge is 2.06. The number of hydrogen-bond acceptors (Lipinski definition) is 1. The highest BCUT2D eigenvalue weighted by molar-refractivity contribution is 6.31. The number of halogens is 2. The van der Waals surface area contributed by atoms with E-state index >= 15 is 0 Å². The molecule has 0 amide bonds. The molecule has 2 aromatic rings. The number of amidine groups is 1. The van der Waals surface area contributed by atoms with Crippen LogP contribution in [0.25, 0.3) is 0 Å². The van der Waals surface area contributed by atoms with Gasteiger partial charge in [-0.05, 0) is 12.1 Å². The van der Waals surface area contributed by atoms with E-state index in [1.807, 2.05) is 18.2 Å². The van der Waals surface area contributed by atoms with Gasteiger partial charge in [-0.25, -0.2) is 9.38 Å². The van der Waals surface area contributed by atoms with Crippen LogP contribution in [-0.4, -0.2) is 5.84 Å². The van der Waals surface area contributed by atoms with Crippen LogP contribution in [0.1, 0.15) is 5.56 Å². The van der Waals surface area contributed by atoms with E-state index in [0.29, 0.717) is 0 Å². The first-order chi connectivity index (χ1) is 8.18. The summed E-state index contributed by atoms with van der Waals surface area (Å²) in [7, 11) is 0. The summed E-state index contributed by atoms with van der Waals surface area (Å²) in [6.07, 6.45) is 0.